The van der Waals surface area contributed by atoms with Crippen LogP contribution in [0.25, 0.3) is 0 Å². The maximum absolute atomic E-state index is 12.9. The highest BCUT2D eigenvalue weighted by molar-refractivity contribution is 5.12. The van der Waals surface area contributed by atoms with Crippen LogP contribution in [-0.4, -0.2) is 9.78 Å². The van der Waals surface area contributed by atoms with Gasteiger partial charge in [0.15, 0.2) is 0 Å². The standard InChI is InChI=1S/C18H32F2N2/c1-5-7-9-10-11-13-18(4,12-8-6-2)22-15(3)14-16(21-22)17(19)20/h14,17H,5-13H2,1-4H3. The molecular formula is C18H32F2N2. The Balaban J connectivity index is 2.81. The zero-order valence-electron chi connectivity index (χ0n) is 14.7. The van der Waals surface area contributed by atoms with E-state index in [1.807, 2.05) is 11.6 Å². The summed E-state index contributed by atoms with van der Waals surface area (Å²) in [7, 11) is 0. The van der Waals surface area contributed by atoms with Crippen LogP contribution < -0.4 is 0 Å². The lowest BCUT2D eigenvalue weighted by Crippen LogP contribution is -2.32. The molecule has 0 amide bonds. The van der Waals surface area contributed by atoms with Gasteiger partial charge in [-0.05, 0) is 32.8 Å². The van der Waals surface area contributed by atoms with Gasteiger partial charge in [0.25, 0.3) is 6.43 Å². The summed E-state index contributed by atoms with van der Waals surface area (Å²) in [6.45, 7) is 8.45. The molecule has 1 unspecified atom stereocenters. The summed E-state index contributed by atoms with van der Waals surface area (Å²) >= 11 is 0. The second kappa shape index (κ2) is 9.26. The molecule has 0 saturated carbocycles. The fourth-order valence-corrected chi connectivity index (χ4v) is 3.16. The number of halogens is 2. The van der Waals surface area contributed by atoms with Gasteiger partial charge >= 0.3 is 0 Å². The predicted octanol–water partition coefficient (Wildman–Crippen LogP) is 6.40. The molecular weight excluding hydrogens is 282 g/mol. The molecule has 0 fully saturated rings. The van der Waals surface area contributed by atoms with Crippen LogP contribution >= 0.6 is 0 Å². The largest absolute Gasteiger partial charge is 0.282 e. The van der Waals surface area contributed by atoms with Crippen LogP contribution in [0.5, 0.6) is 0 Å². The Hall–Kier alpha value is -0.930. The van der Waals surface area contributed by atoms with Crippen molar-refractivity contribution in [2.75, 3.05) is 0 Å². The van der Waals surface area contributed by atoms with Crippen LogP contribution in [0, 0.1) is 6.92 Å². The molecule has 0 spiro atoms. The van der Waals surface area contributed by atoms with Crippen molar-refractivity contribution >= 4 is 0 Å². The minimum absolute atomic E-state index is 0.0915. The summed E-state index contributed by atoms with van der Waals surface area (Å²) in [4.78, 5) is 0. The van der Waals surface area contributed by atoms with E-state index in [1.165, 1.54) is 31.7 Å². The quantitative estimate of drug-likeness (QED) is 0.432. The zero-order chi connectivity index (χ0) is 16.6. The maximum atomic E-state index is 12.9. The first kappa shape index (κ1) is 19.1. The number of hydrogen-bond donors (Lipinski definition) is 0. The normalized spacial score (nSPS) is 14.5. The van der Waals surface area contributed by atoms with Gasteiger partial charge in [-0.25, -0.2) is 8.78 Å². The van der Waals surface area contributed by atoms with Crippen molar-refractivity contribution in [3.63, 3.8) is 0 Å². The molecule has 1 rings (SSSR count). The molecule has 0 aliphatic carbocycles. The molecule has 128 valence electrons. The second-order valence-electron chi connectivity index (χ2n) is 6.69. The molecule has 1 aromatic rings. The number of nitrogens with zero attached hydrogens (tertiary/aromatic N) is 2. The van der Waals surface area contributed by atoms with Crippen molar-refractivity contribution in [1.29, 1.82) is 0 Å². The van der Waals surface area contributed by atoms with Gasteiger partial charge in [0.2, 0.25) is 0 Å². The Labute approximate surface area is 134 Å². The van der Waals surface area contributed by atoms with Crippen LogP contribution in [0.15, 0.2) is 6.07 Å². The highest BCUT2D eigenvalue weighted by atomic mass is 19.3. The molecule has 0 aliphatic rings. The van der Waals surface area contributed by atoms with Crippen LogP contribution in [0.3, 0.4) is 0 Å². The van der Waals surface area contributed by atoms with E-state index in [2.05, 4.69) is 25.9 Å². The average Bonchev–Trinajstić information content (AvgIpc) is 2.88. The van der Waals surface area contributed by atoms with Crippen LogP contribution in [0.4, 0.5) is 8.78 Å². The third-order valence-electron chi connectivity index (χ3n) is 4.53. The number of aryl methyl sites for hydroxylation is 1. The van der Waals surface area contributed by atoms with Gasteiger partial charge in [-0.15, -0.1) is 0 Å². The average molecular weight is 314 g/mol. The van der Waals surface area contributed by atoms with Crippen LogP contribution in [-0.2, 0) is 5.54 Å². The lowest BCUT2D eigenvalue weighted by Gasteiger charge is -2.32. The predicted molar refractivity (Wildman–Crippen MR) is 88.5 cm³/mol. The molecule has 4 heteroatoms. The third-order valence-corrected chi connectivity index (χ3v) is 4.53. The highest BCUT2D eigenvalue weighted by Crippen LogP contribution is 2.32. The Morgan fingerprint density at radius 1 is 1.05 bits per heavy atom. The molecule has 0 radical (unpaired) electrons. The van der Waals surface area contributed by atoms with Crippen molar-refractivity contribution in [2.24, 2.45) is 0 Å². The molecule has 0 N–H and O–H groups in total. The van der Waals surface area contributed by atoms with E-state index in [-0.39, 0.29) is 11.2 Å². The molecule has 1 aromatic heterocycles. The first-order valence-electron chi connectivity index (χ1n) is 8.79. The number of hydrogen-bond acceptors (Lipinski definition) is 1. The summed E-state index contributed by atoms with van der Waals surface area (Å²) in [5.41, 5.74) is 0.619. The monoisotopic (exact) mass is 314 g/mol. The zero-order valence-corrected chi connectivity index (χ0v) is 14.7. The van der Waals surface area contributed by atoms with Gasteiger partial charge in [-0.1, -0.05) is 58.8 Å². The topological polar surface area (TPSA) is 17.8 Å². The Kier molecular flexibility index (Phi) is 8.05. The Bertz CT molecular complexity index is 429. The Morgan fingerprint density at radius 3 is 2.18 bits per heavy atom. The van der Waals surface area contributed by atoms with E-state index >= 15 is 0 Å². The molecule has 1 atom stereocenters. The van der Waals surface area contributed by atoms with Gasteiger partial charge < -0.3 is 0 Å². The first-order chi connectivity index (χ1) is 10.4. The molecule has 0 saturated heterocycles. The van der Waals surface area contributed by atoms with E-state index in [0.717, 1.165) is 37.8 Å². The van der Waals surface area contributed by atoms with Crippen molar-refractivity contribution in [1.82, 2.24) is 9.78 Å². The summed E-state index contributed by atoms with van der Waals surface area (Å²) in [6.07, 6.45) is 7.90. The molecule has 2 nitrogen and oxygen atoms in total. The maximum Gasteiger partial charge on any atom is 0.282 e. The summed E-state index contributed by atoms with van der Waals surface area (Å²) < 4.78 is 27.7. The fourth-order valence-electron chi connectivity index (χ4n) is 3.16. The smallest absolute Gasteiger partial charge is 0.264 e. The lowest BCUT2D eigenvalue weighted by molar-refractivity contribution is 0.141. The third kappa shape index (κ3) is 5.36. The fraction of sp³-hybridized carbons (Fsp3) is 0.833. The van der Waals surface area contributed by atoms with Crippen molar-refractivity contribution in [3.05, 3.63) is 17.5 Å². The number of aromatic nitrogens is 2. The van der Waals surface area contributed by atoms with Crippen LogP contribution in [0.1, 0.15) is 96.4 Å². The lowest BCUT2D eigenvalue weighted by atomic mass is 9.88. The SMILES string of the molecule is CCCCCCCC(C)(CCCC)n1nc(C(F)F)cc1C. The van der Waals surface area contributed by atoms with E-state index in [4.69, 9.17) is 0 Å². The molecule has 22 heavy (non-hydrogen) atoms. The van der Waals surface area contributed by atoms with Crippen molar-refractivity contribution in [2.45, 2.75) is 97.4 Å². The summed E-state index contributed by atoms with van der Waals surface area (Å²) in [6, 6.07) is 1.53. The highest BCUT2D eigenvalue weighted by Gasteiger charge is 2.29. The van der Waals surface area contributed by atoms with Gasteiger partial charge in [-0.2, -0.15) is 5.10 Å². The van der Waals surface area contributed by atoms with Crippen molar-refractivity contribution in [3.8, 4) is 0 Å². The molecule has 0 aliphatic heterocycles. The van der Waals surface area contributed by atoms with Gasteiger partial charge in [0, 0.05) is 5.69 Å². The van der Waals surface area contributed by atoms with Gasteiger partial charge in [0.05, 0.1) is 5.54 Å². The van der Waals surface area contributed by atoms with Crippen molar-refractivity contribution < 1.29 is 8.78 Å². The van der Waals surface area contributed by atoms with Gasteiger partial charge in [-0.3, -0.25) is 4.68 Å². The van der Waals surface area contributed by atoms with E-state index in [9.17, 15) is 8.78 Å². The number of unbranched alkanes of at least 4 members (excludes halogenated alkanes) is 5. The van der Waals surface area contributed by atoms with Gasteiger partial charge in [0.1, 0.15) is 5.69 Å². The number of alkyl halides is 2. The number of rotatable bonds is 11. The first-order valence-corrected chi connectivity index (χ1v) is 8.79. The molecule has 1 heterocycles. The molecule has 0 bridgehead atoms. The van der Waals surface area contributed by atoms with Crippen LogP contribution in [0.2, 0.25) is 0 Å². The van der Waals surface area contributed by atoms with E-state index in [0.29, 0.717) is 0 Å². The Morgan fingerprint density at radius 2 is 1.64 bits per heavy atom. The molecule has 0 aromatic carbocycles. The van der Waals surface area contributed by atoms with E-state index in [1.54, 1.807) is 0 Å². The van der Waals surface area contributed by atoms with E-state index < -0.39 is 6.43 Å². The summed E-state index contributed by atoms with van der Waals surface area (Å²) in [5, 5.41) is 4.22. The minimum Gasteiger partial charge on any atom is -0.264 e. The second-order valence-corrected chi connectivity index (χ2v) is 6.69. The minimum atomic E-state index is -2.49. The summed E-state index contributed by atoms with van der Waals surface area (Å²) in [5.74, 6) is 0.